The molecular weight excluding hydrogens is 444 g/mol. The number of aromatic nitrogens is 3. The van der Waals surface area contributed by atoms with Gasteiger partial charge in [-0.2, -0.15) is 8.42 Å². The first-order valence-corrected chi connectivity index (χ1v) is 11.7. The maximum absolute atomic E-state index is 12.8. The first kappa shape index (κ1) is 22.5. The molecule has 10 nitrogen and oxygen atoms in total. The minimum Gasteiger partial charge on any atom is -0.481 e. The molecule has 0 radical (unpaired) electrons. The van der Waals surface area contributed by atoms with Gasteiger partial charge >= 0.3 is 6.03 Å². The minimum absolute atomic E-state index is 0.346. The van der Waals surface area contributed by atoms with E-state index in [-0.39, 0.29) is 5.03 Å². The molecule has 0 atom stereocenters. The van der Waals surface area contributed by atoms with Crippen LogP contribution in [0.25, 0.3) is 11.1 Å². The van der Waals surface area contributed by atoms with Crippen molar-refractivity contribution in [2.75, 3.05) is 31.4 Å². The Morgan fingerprint density at radius 1 is 1.15 bits per heavy atom. The molecule has 4 rings (SSSR count). The number of carbonyl (C=O) groups excluding carboxylic acids is 1. The number of nitrogens with one attached hydrogen (secondary N) is 2. The second-order valence-corrected chi connectivity index (χ2v) is 9.37. The lowest BCUT2D eigenvalue weighted by Crippen LogP contribution is -2.35. The summed E-state index contributed by atoms with van der Waals surface area (Å²) < 4.78 is 32.8. The van der Waals surface area contributed by atoms with Crippen molar-refractivity contribution in [2.45, 2.75) is 24.3 Å². The average Bonchev–Trinajstić information content (AvgIpc) is 3.28. The number of urea groups is 1. The molecule has 1 aliphatic carbocycles. The molecule has 2 amide bonds. The number of nitrogens with zero attached hydrogens (tertiary/aromatic N) is 4. The molecule has 0 saturated carbocycles. The predicted molar refractivity (Wildman–Crippen MR) is 124 cm³/mol. The van der Waals surface area contributed by atoms with E-state index in [1.165, 1.54) is 13.3 Å². The van der Waals surface area contributed by atoms with Gasteiger partial charge in [0.25, 0.3) is 10.0 Å². The van der Waals surface area contributed by atoms with E-state index in [0.29, 0.717) is 17.4 Å². The third kappa shape index (κ3) is 4.72. The Labute approximate surface area is 192 Å². The average molecular weight is 469 g/mol. The van der Waals surface area contributed by atoms with Gasteiger partial charge in [0.05, 0.1) is 25.2 Å². The Bertz CT molecular complexity index is 1310. The van der Waals surface area contributed by atoms with Crippen LogP contribution in [0.5, 0.6) is 5.88 Å². The number of amides is 2. The summed E-state index contributed by atoms with van der Waals surface area (Å²) in [6.07, 6.45) is 6.78. The molecule has 2 heterocycles. The summed E-state index contributed by atoms with van der Waals surface area (Å²) in [6, 6.07) is 6.64. The van der Waals surface area contributed by atoms with Crippen LogP contribution in [0.15, 0.2) is 47.9 Å². The molecule has 1 aliphatic rings. The number of fused-ring (bicyclic) bond motifs is 1. The molecule has 172 valence electrons. The normalized spacial score (nSPS) is 12.7. The number of anilines is 2. The molecule has 0 saturated heterocycles. The van der Waals surface area contributed by atoms with Crippen LogP contribution in [0, 0.1) is 0 Å². The molecule has 2 aromatic heterocycles. The van der Waals surface area contributed by atoms with E-state index in [4.69, 9.17) is 4.74 Å². The van der Waals surface area contributed by atoms with Crippen molar-refractivity contribution in [2.24, 2.45) is 0 Å². The number of hydrogen-bond acceptors (Lipinski definition) is 8. The first-order valence-electron chi connectivity index (χ1n) is 10.3. The van der Waals surface area contributed by atoms with E-state index in [0.717, 1.165) is 47.7 Å². The summed E-state index contributed by atoms with van der Waals surface area (Å²) in [7, 11) is 0.727. The predicted octanol–water partition coefficient (Wildman–Crippen LogP) is 2.61. The molecule has 1 aromatic carbocycles. The third-order valence-electron chi connectivity index (χ3n) is 5.34. The maximum atomic E-state index is 12.8. The number of pyridine rings is 1. The van der Waals surface area contributed by atoms with E-state index in [1.807, 2.05) is 16.9 Å². The van der Waals surface area contributed by atoms with Crippen LogP contribution in [0.3, 0.4) is 0 Å². The van der Waals surface area contributed by atoms with Gasteiger partial charge in [-0.05, 0) is 42.0 Å². The highest BCUT2D eigenvalue weighted by Crippen LogP contribution is 2.38. The van der Waals surface area contributed by atoms with Crippen LogP contribution in [0.4, 0.5) is 16.3 Å². The summed E-state index contributed by atoms with van der Waals surface area (Å²) >= 11 is 0. The van der Waals surface area contributed by atoms with Crippen molar-refractivity contribution in [1.29, 1.82) is 0 Å². The second kappa shape index (κ2) is 9.02. The molecular formula is C22H24N6O4S. The van der Waals surface area contributed by atoms with E-state index >= 15 is 0 Å². The van der Waals surface area contributed by atoms with E-state index in [1.54, 1.807) is 37.3 Å². The highest BCUT2D eigenvalue weighted by atomic mass is 32.2. The largest absolute Gasteiger partial charge is 0.481 e. The molecule has 0 spiro atoms. The van der Waals surface area contributed by atoms with Gasteiger partial charge in [-0.1, -0.05) is 12.1 Å². The van der Waals surface area contributed by atoms with Crippen molar-refractivity contribution >= 4 is 27.6 Å². The minimum atomic E-state index is -4.23. The van der Waals surface area contributed by atoms with E-state index < -0.39 is 16.1 Å². The molecule has 2 N–H and O–H groups in total. The fourth-order valence-corrected chi connectivity index (χ4v) is 4.55. The van der Waals surface area contributed by atoms with Gasteiger partial charge in [0.2, 0.25) is 5.88 Å². The zero-order valence-electron chi connectivity index (χ0n) is 18.5. The quantitative estimate of drug-likeness (QED) is 0.565. The number of hydrogen-bond donors (Lipinski definition) is 2. The second-order valence-electron chi connectivity index (χ2n) is 7.74. The highest BCUT2D eigenvalue weighted by Gasteiger charge is 2.24. The molecule has 3 aromatic rings. The van der Waals surface area contributed by atoms with Crippen LogP contribution in [-0.4, -0.2) is 50.6 Å². The molecule has 33 heavy (non-hydrogen) atoms. The van der Waals surface area contributed by atoms with Gasteiger partial charge in [-0.25, -0.2) is 19.5 Å². The van der Waals surface area contributed by atoms with Crippen molar-refractivity contribution < 1.29 is 17.9 Å². The van der Waals surface area contributed by atoms with Crippen molar-refractivity contribution in [3.8, 4) is 17.0 Å². The zero-order valence-corrected chi connectivity index (χ0v) is 19.3. The first-order chi connectivity index (χ1) is 15.8. The smallest absolute Gasteiger partial charge is 0.333 e. The summed E-state index contributed by atoms with van der Waals surface area (Å²) in [5.41, 5.74) is 4.23. The van der Waals surface area contributed by atoms with Crippen LogP contribution >= 0.6 is 0 Å². The topological polar surface area (TPSA) is 126 Å². The highest BCUT2D eigenvalue weighted by molar-refractivity contribution is 7.90. The van der Waals surface area contributed by atoms with Crippen molar-refractivity contribution in [3.05, 3.63) is 54.0 Å². The van der Waals surface area contributed by atoms with Crippen LogP contribution in [0.2, 0.25) is 0 Å². The SMILES string of the molecule is COc1cc(-c2ccc3c(c2NC(=O)NS(=O)(=O)c2cncc(N(C)C)n2)CCC3)ccn1. The monoisotopic (exact) mass is 468 g/mol. The molecule has 11 heteroatoms. The van der Waals surface area contributed by atoms with Gasteiger partial charge < -0.3 is 15.0 Å². The molecule has 0 aliphatic heterocycles. The van der Waals surface area contributed by atoms with E-state index in [9.17, 15) is 13.2 Å². The number of benzene rings is 1. The number of ether oxygens (including phenoxy) is 1. The molecule has 0 fully saturated rings. The summed E-state index contributed by atoms with van der Waals surface area (Å²) in [4.78, 5) is 26.5. The lowest BCUT2D eigenvalue weighted by molar-refractivity contribution is 0.256. The lowest BCUT2D eigenvalue weighted by atomic mass is 9.98. The molecule has 0 bridgehead atoms. The van der Waals surface area contributed by atoms with Crippen LogP contribution in [0.1, 0.15) is 17.5 Å². The standard InChI is InChI=1S/C22H24N6O4S/c1-28(2)18-12-23-13-20(25-18)33(30,31)27-22(29)26-21-16-6-4-5-14(16)7-8-17(21)15-9-10-24-19(11-15)32-3/h7-13H,4-6H2,1-3H3,(H2,26,27,29). The number of sulfonamides is 1. The zero-order chi connectivity index (χ0) is 23.6. The Hall–Kier alpha value is -3.73. The van der Waals surface area contributed by atoms with Gasteiger partial charge in [0.1, 0.15) is 5.82 Å². The van der Waals surface area contributed by atoms with Gasteiger partial charge in [-0.15, -0.1) is 0 Å². The van der Waals surface area contributed by atoms with Crippen molar-refractivity contribution in [1.82, 2.24) is 19.7 Å². The van der Waals surface area contributed by atoms with Gasteiger partial charge in [0, 0.05) is 31.9 Å². The number of carbonyl (C=O) groups is 1. The van der Waals surface area contributed by atoms with Crippen molar-refractivity contribution in [3.63, 3.8) is 0 Å². The number of aryl methyl sites for hydroxylation is 1. The number of methoxy groups -OCH3 is 1. The summed E-state index contributed by atoms with van der Waals surface area (Å²) in [6.45, 7) is 0. The molecule has 0 unspecified atom stereocenters. The van der Waals surface area contributed by atoms with Gasteiger partial charge in [-0.3, -0.25) is 4.98 Å². The lowest BCUT2D eigenvalue weighted by Gasteiger charge is -2.17. The Morgan fingerprint density at radius 2 is 1.97 bits per heavy atom. The fourth-order valence-electron chi connectivity index (χ4n) is 3.73. The number of rotatable bonds is 6. The van der Waals surface area contributed by atoms with Gasteiger partial charge in [0.15, 0.2) is 5.03 Å². The Kier molecular flexibility index (Phi) is 6.14. The Balaban J connectivity index is 1.65. The van der Waals surface area contributed by atoms with Crippen LogP contribution in [-0.2, 0) is 22.9 Å². The summed E-state index contributed by atoms with van der Waals surface area (Å²) in [5, 5.41) is 2.41. The summed E-state index contributed by atoms with van der Waals surface area (Å²) in [5.74, 6) is 0.790. The fraction of sp³-hybridized carbons (Fsp3) is 0.273. The third-order valence-corrected chi connectivity index (χ3v) is 6.54. The van der Waals surface area contributed by atoms with Crippen LogP contribution < -0.4 is 19.7 Å². The Morgan fingerprint density at radius 3 is 2.73 bits per heavy atom. The van der Waals surface area contributed by atoms with E-state index in [2.05, 4.69) is 20.3 Å². The maximum Gasteiger partial charge on any atom is 0.333 e.